The third kappa shape index (κ3) is 5.86. The summed E-state index contributed by atoms with van der Waals surface area (Å²) in [5.41, 5.74) is 1.17. The summed E-state index contributed by atoms with van der Waals surface area (Å²) in [6, 6.07) is 6.63. The lowest BCUT2D eigenvalue weighted by atomic mass is 9.84. The molecule has 1 amide bonds. The number of amides is 1. The fourth-order valence-electron chi connectivity index (χ4n) is 4.36. The van der Waals surface area contributed by atoms with E-state index in [0.717, 1.165) is 36.7 Å². The Morgan fingerprint density at radius 3 is 2.56 bits per heavy atom. The Morgan fingerprint density at radius 2 is 1.89 bits per heavy atom. The molecule has 1 aliphatic heterocycles. The predicted molar refractivity (Wildman–Crippen MR) is 111 cm³/mol. The fraction of sp³-hybridized carbons (Fsp3) is 0.682. The average molecular weight is 393 g/mol. The molecule has 0 atom stereocenters. The molecule has 0 unspecified atom stereocenters. The summed E-state index contributed by atoms with van der Waals surface area (Å²) in [5, 5.41) is 3.88. The molecule has 4 nitrogen and oxygen atoms in total. The van der Waals surface area contributed by atoms with Crippen molar-refractivity contribution in [1.82, 2.24) is 10.2 Å². The number of rotatable bonds is 6. The highest BCUT2D eigenvalue weighted by molar-refractivity contribution is 6.30. The summed E-state index contributed by atoms with van der Waals surface area (Å²) in [7, 11) is 0. The van der Waals surface area contributed by atoms with Crippen molar-refractivity contribution in [3.63, 3.8) is 0 Å². The monoisotopic (exact) mass is 392 g/mol. The lowest BCUT2D eigenvalue weighted by Gasteiger charge is -2.34. The minimum absolute atomic E-state index is 0.0254. The van der Waals surface area contributed by atoms with Gasteiger partial charge in [0.15, 0.2) is 6.61 Å². The second-order valence-electron chi connectivity index (χ2n) is 8.28. The number of nitrogens with zero attached hydrogens (tertiary/aromatic N) is 1. The van der Waals surface area contributed by atoms with Gasteiger partial charge in [-0.15, -0.1) is 0 Å². The Labute approximate surface area is 168 Å². The number of nitrogens with one attached hydrogen (secondary N) is 1. The molecule has 27 heavy (non-hydrogen) atoms. The van der Waals surface area contributed by atoms with Crippen molar-refractivity contribution >= 4 is 17.5 Å². The van der Waals surface area contributed by atoms with Crippen LogP contribution in [-0.2, 0) is 4.79 Å². The zero-order valence-electron chi connectivity index (χ0n) is 16.7. The van der Waals surface area contributed by atoms with E-state index in [0.29, 0.717) is 12.0 Å². The number of benzene rings is 1. The van der Waals surface area contributed by atoms with Gasteiger partial charge in [0.1, 0.15) is 5.75 Å². The molecule has 0 spiro atoms. The van der Waals surface area contributed by atoms with Gasteiger partial charge < -0.3 is 15.0 Å². The van der Waals surface area contributed by atoms with Crippen LogP contribution in [0.15, 0.2) is 18.2 Å². The number of hydrogen-bond acceptors (Lipinski definition) is 3. The van der Waals surface area contributed by atoms with E-state index in [2.05, 4.69) is 24.1 Å². The number of carbonyl (C=O) groups excluding carboxylic acids is 1. The van der Waals surface area contributed by atoms with Crippen molar-refractivity contribution in [2.45, 2.75) is 76.8 Å². The van der Waals surface area contributed by atoms with E-state index < -0.39 is 0 Å². The maximum Gasteiger partial charge on any atom is 0.258 e. The summed E-state index contributed by atoms with van der Waals surface area (Å²) in [5.74, 6) is 1.29. The number of halogens is 1. The summed E-state index contributed by atoms with van der Waals surface area (Å²) >= 11 is 6.22. The van der Waals surface area contributed by atoms with Crippen molar-refractivity contribution in [2.24, 2.45) is 0 Å². The van der Waals surface area contributed by atoms with Gasteiger partial charge in [0.25, 0.3) is 5.91 Å². The van der Waals surface area contributed by atoms with Crippen molar-refractivity contribution in [3.05, 3.63) is 28.8 Å². The van der Waals surface area contributed by atoms with E-state index in [1.165, 1.54) is 37.7 Å². The number of carbonyl (C=O) groups is 1. The Balaban J connectivity index is 1.51. The summed E-state index contributed by atoms with van der Waals surface area (Å²) in [4.78, 5) is 14.8. The Bertz CT molecular complexity index is 621. The second kappa shape index (κ2) is 9.79. The van der Waals surface area contributed by atoms with Crippen molar-refractivity contribution in [2.75, 3.05) is 19.7 Å². The van der Waals surface area contributed by atoms with Gasteiger partial charge in [-0.25, -0.2) is 0 Å². The van der Waals surface area contributed by atoms with E-state index in [-0.39, 0.29) is 18.6 Å². The highest BCUT2D eigenvalue weighted by Crippen LogP contribution is 2.38. The van der Waals surface area contributed by atoms with E-state index in [9.17, 15) is 4.79 Å². The molecule has 1 saturated heterocycles. The lowest BCUT2D eigenvalue weighted by Crippen LogP contribution is -2.47. The zero-order chi connectivity index (χ0) is 19.2. The molecule has 1 aromatic carbocycles. The molecule has 150 valence electrons. The first-order valence-electron chi connectivity index (χ1n) is 10.5. The number of likely N-dealkylation sites (tertiary alicyclic amines) is 1. The van der Waals surface area contributed by atoms with E-state index in [4.69, 9.17) is 16.3 Å². The topological polar surface area (TPSA) is 41.6 Å². The second-order valence-corrected chi connectivity index (χ2v) is 8.71. The molecular formula is C22H33ClN2O2. The van der Waals surface area contributed by atoms with Crippen LogP contribution in [0.2, 0.25) is 5.02 Å². The van der Waals surface area contributed by atoms with Crippen LogP contribution in [0.5, 0.6) is 5.75 Å². The van der Waals surface area contributed by atoms with Crippen LogP contribution in [0.25, 0.3) is 0 Å². The molecule has 2 fully saturated rings. The van der Waals surface area contributed by atoms with Crippen LogP contribution in [0.3, 0.4) is 0 Å². The smallest absolute Gasteiger partial charge is 0.258 e. The molecule has 0 radical (unpaired) electrons. The Morgan fingerprint density at radius 1 is 1.19 bits per heavy atom. The molecule has 5 heteroatoms. The minimum Gasteiger partial charge on any atom is -0.483 e. The van der Waals surface area contributed by atoms with Gasteiger partial charge >= 0.3 is 0 Å². The third-order valence-electron chi connectivity index (χ3n) is 6.00. The molecule has 0 bridgehead atoms. The SMILES string of the molecule is CC(C)N1CCC(NC(=O)COc2ccc(Cl)cc2C2CCCCC2)CC1. The molecule has 1 N–H and O–H groups in total. The molecule has 0 aromatic heterocycles. The number of hydrogen-bond donors (Lipinski definition) is 1. The third-order valence-corrected chi connectivity index (χ3v) is 6.24. The Hall–Kier alpha value is -1.26. The van der Waals surface area contributed by atoms with E-state index >= 15 is 0 Å². The Kier molecular flexibility index (Phi) is 7.42. The quantitative estimate of drug-likeness (QED) is 0.759. The standard InChI is InChI=1S/C22H33ClN2O2/c1-16(2)25-12-10-19(11-13-25)24-22(26)15-27-21-9-8-18(23)14-20(21)17-6-4-3-5-7-17/h8-9,14,16-17,19H,3-7,10-13,15H2,1-2H3,(H,24,26). The molecule has 1 aliphatic carbocycles. The van der Waals surface area contributed by atoms with Gasteiger partial charge in [0.05, 0.1) is 0 Å². The van der Waals surface area contributed by atoms with E-state index in [1.807, 2.05) is 18.2 Å². The van der Waals surface area contributed by atoms with Crippen LogP contribution in [0, 0.1) is 0 Å². The zero-order valence-corrected chi connectivity index (χ0v) is 17.4. The maximum atomic E-state index is 12.4. The van der Waals surface area contributed by atoms with Crippen molar-refractivity contribution < 1.29 is 9.53 Å². The van der Waals surface area contributed by atoms with Gasteiger partial charge in [0, 0.05) is 30.2 Å². The predicted octanol–water partition coefficient (Wildman–Crippen LogP) is 4.76. The van der Waals surface area contributed by atoms with Crippen molar-refractivity contribution in [1.29, 1.82) is 0 Å². The number of ether oxygens (including phenoxy) is 1. The normalized spacial score (nSPS) is 20.0. The van der Waals surface area contributed by atoms with Crippen LogP contribution in [0.4, 0.5) is 0 Å². The van der Waals surface area contributed by atoms with Crippen molar-refractivity contribution in [3.8, 4) is 5.75 Å². The first-order chi connectivity index (χ1) is 13.0. The summed E-state index contributed by atoms with van der Waals surface area (Å²) in [6.07, 6.45) is 8.20. The molecule has 1 aromatic rings. The van der Waals surface area contributed by atoms with Gasteiger partial charge in [-0.05, 0) is 69.2 Å². The number of piperidine rings is 1. The largest absolute Gasteiger partial charge is 0.483 e. The molecular weight excluding hydrogens is 360 g/mol. The van der Waals surface area contributed by atoms with Gasteiger partial charge in [-0.3, -0.25) is 4.79 Å². The van der Waals surface area contributed by atoms with Gasteiger partial charge in [-0.2, -0.15) is 0 Å². The lowest BCUT2D eigenvalue weighted by molar-refractivity contribution is -0.124. The fourth-order valence-corrected chi connectivity index (χ4v) is 4.54. The molecule has 3 rings (SSSR count). The summed E-state index contributed by atoms with van der Waals surface area (Å²) in [6.45, 7) is 6.62. The van der Waals surface area contributed by atoms with Crippen LogP contribution < -0.4 is 10.1 Å². The van der Waals surface area contributed by atoms with Gasteiger partial charge in [-0.1, -0.05) is 30.9 Å². The van der Waals surface area contributed by atoms with Crippen LogP contribution in [-0.4, -0.2) is 42.6 Å². The van der Waals surface area contributed by atoms with Crippen LogP contribution in [0.1, 0.15) is 70.3 Å². The highest BCUT2D eigenvalue weighted by atomic mass is 35.5. The van der Waals surface area contributed by atoms with Crippen LogP contribution >= 0.6 is 11.6 Å². The first kappa shape index (κ1) is 20.5. The molecule has 2 aliphatic rings. The minimum atomic E-state index is -0.0254. The molecule has 1 heterocycles. The molecule has 1 saturated carbocycles. The first-order valence-corrected chi connectivity index (χ1v) is 10.9. The highest BCUT2D eigenvalue weighted by Gasteiger charge is 2.23. The maximum absolute atomic E-state index is 12.4. The van der Waals surface area contributed by atoms with E-state index in [1.54, 1.807) is 0 Å². The average Bonchev–Trinajstić information content (AvgIpc) is 2.68. The van der Waals surface area contributed by atoms with Gasteiger partial charge in [0.2, 0.25) is 0 Å². The summed E-state index contributed by atoms with van der Waals surface area (Å²) < 4.78 is 5.93.